The van der Waals surface area contributed by atoms with Crippen LogP contribution in [0.15, 0.2) is 54.9 Å². The Labute approximate surface area is 127 Å². The second-order valence-electron chi connectivity index (χ2n) is 4.39. The molecule has 112 valence electrons. The van der Waals surface area contributed by atoms with E-state index in [1.807, 2.05) is 0 Å². The van der Waals surface area contributed by atoms with Gasteiger partial charge in [0, 0.05) is 12.3 Å². The van der Waals surface area contributed by atoms with Crippen LogP contribution in [0.1, 0.15) is 5.56 Å². The molecule has 1 aromatic carbocycles. The molecule has 22 heavy (non-hydrogen) atoms. The van der Waals surface area contributed by atoms with Crippen LogP contribution in [0.2, 0.25) is 0 Å². The molecule has 0 fully saturated rings. The topological polar surface area (TPSA) is 94.3 Å². The van der Waals surface area contributed by atoms with Gasteiger partial charge in [0.15, 0.2) is 6.61 Å². The Hall–Kier alpha value is -3.15. The number of hydrogen-bond acceptors (Lipinski definition) is 4. The molecule has 2 amide bonds. The third-order valence-corrected chi connectivity index (χ3v) is 2.62. The second kappa shape index (κ2) is 7.58. The van der Waals surface area contributed by atoms with Gasteiger partial charge >= 0.3 is 0 Å². The number of carbonyl (C=O) groups excluding carboxylic acids is 2. The van der Waals surface area contributed by atoms with Crippen LogP contribution in [0.5, 0.6) is 5.75 Å². The van der Waals surface area contributed by atoms with E-state index in [1.54, 1.807) is 54.9 Å². The molecule has 0 radical (unpaired) electrons. The van der Waals surface area contributed by atoms with E-state index < -0.39 is 5.91 Å². The number of nitrogens with zero attached hydrogens (tertiary/aromatic N) is 1. The highest BCUT2D eigenvalue weighted by Gasteiger charge is 1.99. The Balaban J connectivity index is 1.89. The van der Waals surface area contributed by atoms with Gasteiger partial charge in [-0.05, 0) is 35.9 Å². The molecule has 0 atom stereocenters. The van der Waals surface area contributed by atoms with Crippen molar-refractivity contribution in [2.45, 2.75) is 0 Å². The molecule has 1 aromatic heterocycles. The number of rotatable bonds is 6. The number of benzene rings is 1. The number of amides is 2. The summed E-state index contributed by atoms with van der Waals surface area (Å²) < 4.78 is 5.14. The zero-order chi connectivity index (χ0) is 15.8. The summed E-state index contributed by atoms with van der Waals surface area (Å²) in [6.07, 6.45) is 6.29. The molecule has 0 unspecified atom stereocenters. The fraction of sp³-hybridized carbons (Fsp3) is 0.0625. The van der Waals surface area contributed by atoms with Crippen molar-refractivity contribution in [3.63, 3.8) is 0 Å². The van der Waals surface area contributed by atoms with Crippen molar-refractivity contribution in [3.8, 4) is 5.75 Å². The molecular weight excluding hydrogens is 282 g/mol. The average molecular weight is 297 g/mol. The lowest BCUT2D eigenvalue weighted by atomic mass is 10.2. The van der Waals surface area contributed by atoms with E-state index in [0.29, 0.717) is 11.4 Å². The van der Waals surface area contributed by atoms with Crippen LogP contribution in [-0.4, -0.2) is 23.4 Å². The Bertz CT molecular complexity index is 667. The van der Waals surface area contributed by atoms with Gasteiger partial charge in [-0.2, -0.15) is 0 Å². The first-order chi connectivity index (χ1) is 10.6. The van der Waals surface area contributed by atoms with Gasteiger partial charge in [0.2, 0.25) is 5.91 Å². The molecule has 0 spiro atoms. The van der Waals surface area contributed by atoms with E-state index in [0.717, 1.165) is 5.56 Å². The number of primary amides is 1. The number of carbonyl (C=O) groups is 2. The number of hydrogen-bond donors (Lipinski definition) is 2. The molecule has 0 saturated carbocycles. The molecular formula is C16H15N3O3. The van der Waals surface area contributed by atoms with Crippen LogP contribution in [-0.2, 0) is 9.59 Å². The monoisotopic (exact) mass is 297 g/mol. The van der Waals surface area contributed by atoms with Gasteiger partial charge in [-0.3, -0.25) is 14.6 Å². The Morgan fingerprint density at radius 2 is 2.00 bits per heavy atom. The van der Waals surface area contributed by atoms with Crippen LogP contribution in [0.25, 0.3) is 6.08 Å². The van der Waals surface area contributed by atoms with Crippen LogP contribution in [0.3, 0.4) is 0 Å². The summed E-state index contributed by atoms with van der Waals surface area (Å²) in [7, 11) is 0. The molecule has 0 aliphatic carbocycles. The summed E-state index contributed by atoms with van der Waals surface area (Å²) in [5.41, 5.74) is 6.45. The van der Waals surface area contributed by atoms with Crippen molar-refractivity contribution in [2.75, 3.05) is 11.9 Å². The minimum Gasteiger partial charge on any atom is -0.484 e. The van der Waals surface area contributed by atoms with Gasteiger partial charge in [0.05, 0.1) is 11.9 Å². The smallest absolute Gasteiger partial charge is 0.255 e. The summed E-state index contributed by atoms with van der Waals surface area (Å²) in [6.45, 7) is -0.164. The molecule has 0 saturated heterocycles. The van der Waals surface area contributed by atoms with Gasteiger partial charge in [0.25, 0.3) is 5.91 Å². The summed E-state index contributed by atoms with van der Waals surface area (Å²) in [4.78, 5) is 26.2. The normalized spacial score (nSPS) is 10.4. The maximum Gasteiger partial charge on any atom is 0.255 e. The highest BCUT2D eigenvalue weighted by Crippen LogP contribution is 2.13. The molecule has 6 heteroatoms. The van der Waals surface area contributed by atoms with Gasteiger partial charge < -0.3 is 15.8 Å². The number of nitrogens with two attached hydrogens (primary N) is 1. The maximum atomic E-state index is 11.7. The minimum atomic E-state index is -0.531. The first-order valence-electron chi connectivity index (χ1n) is 6.54. The zero-order valence-electron chi connectivity index (χ0n) is 11.7. The number of nitrogens with one attached hydrogen (secondary N) is 1. The van der Waals surface area contributed by atoms with Crippen LogP contribution < -0.4 is 15.8 Å². The molecule has 3 N–H and O–H groups in total. The van der Waals surface area contributed by atoms with Crippen molar-refractivity contribution in [1.82, 2.24) is 4.98 Å². The Morgan fingerprint density at radius 3 is 2.64 bits per heavy atom. The van der Waals surface area contributed by atoms with Crippen molar-refractivity contribution in [3.05, 3.63) is 60.4 Å². The third kappa shape index (κ3) is 5.09. The van der Waals surface area contributed by atoms with E-state index in [9.17, 15) is 9.59 Å². The van der Waals surface area contributed by atoms with Crippen molar-refractivity contribution >= 4 is 23.6 Å². The first kappa shape index (κ1) is 15.2. The van der Waals surface area contributed by atoms with Crippen LogP contribution in [0.4, 0.5) is 5.69 Å². The predicted octanol–water partition coefficient (Wildman–Crippen LogP) is 1.60. The fourth-order valence-electron chi connectivity index (χ4n) is 1.62. The quantitative estimate of drug-likeness (QED) is 0.792. The van der Waals surface area contributed by atoms with Crippen molar-refractivity contribution < 1.29 is 14.3 Å². The van der Waals surface area contributed by atoms with Gasteiger partial charge in [-0.1, -0.05) is 12.1 Å². The van der Waals surface area contributed by atoms with Gasteiger partial charge in [-0.15, -0.1) is 0 Å². The van der Waals surface area contributed by atoms with E-state index in [2.05, 4.69) is 10.3 Å². The van der Waals surface area contributed by atoms with E-state index >= 15 is 0 Å². The van der Waals surface area contributed by atoms with E-state index in [4.69, 9.17) is 10.5 Å². The van der Waals surface area contributed by atoms with Crippen molar-refractivity contribution in [1.29, 1.82) is 0 Å². The summed E-state index contributed by atoms with van der Waals surface area (Å²) in [5.74, 6) is -0.242. The molecule has 2 rings (SSSR count). The van der Waals surface area contributed by atoms with E-state index in [-0.39, 0.29) is 12.5 Å². The molecule has 6 nitrogen and oxygen atoms in total. The average Bonchev–Trinajstić information content (AvgIpc) is 2.53. The summed E-state index contributed by atoms with van der Waals surface area (Å²) in [5, 5.41) is 2.69. The van der Waals surface area contributed by atoms with E-state index in [1.165, 1.54) is 6.08 Å². The SMILES string of the molecule is NC(=O)COc1ccc(/C=C/C(=O)Nc2cccnc2)cc1. The first-order valence-corrected chi connectivity index (χ1v) is 6.54. The lowest BCUT2D eigenvalue weighted by Gasteiger charge is -2.03. The number of pyridine rings is 1. The molecule has 0 bridgehead atoms. The summed E-state index contributed by atoms with van der Waals surface area (Å²) >= 11 is 0. The van der Waals surface area contributed by atoms with Crippen molar-refractivity contribution in [2.24, 2.45) is 5.73 Å². The highest BCUT2D eigenvalue weighted by atomic mass is 16.5. The third-order valence-electron chi connectivity index (χ3n) is 2.62. The van der Waals surface area contributed by atoms with Gasteiger partial charge in [0.1, 0.15) is 5.75 Å². The molecule has 2 aromatic rings. The second-order valence-corrected chi connectivity index (χ2v) is 4.39. The number of aromatic nitrogens is 1. The largest absolute Gasteiger partial charge is 0.484 e. The molecule has 1 heterocycles. The van der Waals surface area contributed by atoms with Gasteiger partial charge in [-0.25, -0.2) is 0 Å². The number of ether oxygens (including phenoxy) is 1. The number of anilines is 1. The van der Waals surface area contributed by atoms with Crippen LogP contribution in [0, 0.1) is 0 Å². The standard InChI is InChI=1S/C16H15N3O3/c17-15(20)11-22-14-6-3-12(4-7-14)5-8-16(21)19-13-2-1-9-18-10-13/h1-10H,11H2,(H2,17,20)(H,19,21)/b8-5+. The highest BCUT2D eigenvalue weighted by molar-refractivity contribution is 6.01. The zero-order valence-corrected chi connectivity index (χ0v) is 11.7. The Morgan fingerprint density at radius 1 is 1.23 bits per heavy atom. The Kier molecular flexibility index (Phi) is 5.25. The molecule has 0 aliphatic heterocycles. The lowest BCUT2D eigenvalue weighted by Crippen LogP contribution is -2.19. The minimum absolute atomic E-state index is 0.164. The predicted molar refractivity (Wildman–Crippen MR) is 83.0 cm³/mol. The fourth-order valence-corrected chi connectivity index (χ4v) is 1.62. The molecule has 0 aliphatic rings. The lowest BCUT2D eigenvalue weighted by molar-refractivity contribution is -0.120. The summed E-state index contributed by atoms with van der Waals surface area (Å²) in [6, 6.07) is 10.4. The maximum absolute atomic E-state index is 11.7. The van der Waals surface area contributed by atoms with Crippen LogP contribution >= 0.6 is 0 Å².